The molecule has 0 aromatic rings. The van der Waals surface area contributed by atoms with Crippen molar-refractivity contribution in [2.75, 3.05) is 19.6 Å². The second kappa shape index (κ2) is 10.8. The number of halogens is 1. The Bertz CT molecular complexity index is 135. The van der Waals surface area contributed by atoms with Gasteiger partial charge in [0.05, 0.1) is 25.7 Å². The Labute approximate surface area is 121 Å². The first-order valence-corrected chi connectivity index (χ1v) is 7.06. The Morgan fingerprint density at radius 3 is 1.62 bits per heavy atom. The van der Waals surface area contributed by atoms with Crippen molar-refractivity contribution >= 4 is 0 Å². The van der Waals surface area contributed by atoms with E-state index < -0.39 is 0 Å². The van der Waals surface area contributed by atoms with Crippen molar-refractivity contribution in [2.24, 2.45) is 0 Å². The largest absolute Gasteiger partial charge is 1.00 e. The maximum atomic E-state index is 2.37. The number of hydrogen-bond acceptors (Lipinski definition) is 0. The first-order valence-electron chi connectivity index (χ1n) is 7.06. The molecular weight excluding hydrogens is 309 g/mol. The molecule has 0 fully saturated rings. The number of hydrogen-bond donors (Lipinski definition) is 0. The summed E-state index contributed by atoms with van der Waals surface area (Å²) in [6, 6.07) is 0.900. The maximum absolute atomic E-state index is 2.37. The van der Waals surface area contributed by atoms with Crippen LogP contribution in [-0.2, 0) is 0 Å². The topological polar surface area (TPSA) is 0 Å². The Morgan fingerprint density at radius 2 is 1.31 bits per heavy atom. The van der Waals surface area contributed by atoms with Crippen molar-refractivity contribution in [1.82, 2.24) is 0 Å². The zero-order chi connectivity index (χ0) is 11.7. The minimum absolute atomic E-state index is 0. The highest BCUT2D eigenvalue weighted by Crippen LogP contribution is 2.21. The summed E-state index contributed by atoms with van der Waals surface area (Å²) in [6.45, 7) is 15.6. The second-order valence-corrected chi connectivity index (χ2v) is 4.73. The lowest BCUT2D eigenvalue weighted by Gasteiger charge is -2.43. The van der Waals surface area contributed by atoms with Gasteiger partial charge in [0.25, 0.3) is 0 Å². The zero-order valence-electron chi connectivity index (χ0n) is 12.1. The van der Waals surface area contributed by atoms with Gasteiger partial charge >= 0.3 is 0 Å². The van der Waals surface area contributed by atoms with Crippen LogP contribution in [0.4, 0.5) is 0 Å². The SMILES string of the molecule is CCCCCC(CC)[N+](CC)(CC)CC.[I-]. The minimum Gasteiger partial charge on any atom is -1.00 e. The molecule has 0 spiro atoms. The van der Waals surface area contributed by atoms with Crippen molar-refractivity contribution < 1.29 is 28.5 Å². The van der Waals surface area contributed by atoms with Gasteiger partial charge in [-0.1, -0.05) is 26.7 Å². The first-order chi connectivity index (χ1) is 7.20. The van der Waals surface area contributed by atoms with Crippen molar-refractivity contribution in [3.8, 4) is 0 Å². The van der Waals surface area contributed by atoms with Crippen LogP contribution in [0.2, 0.25) is 0 Å². The number of unbranched alkanes of at least 4 members (excludes halogenated alkanes) is 2. The molecule has 0 saturated carbocycles. The van der Waals surface area contributed by atoms with Crippen molar-refractivity contribution in [1.29, 1.82) is 0 Å². The van der Waals surface area contributed by atoms with Crippen LogP contribution < -0.4 is 24.0 Å². The molecule has 0 N–H and O–H groups in total. The Hall–Kier alpha value is 0.690. The van der Waals surface area contributed by atoms with Crippen LogP contribution in [0.1, 0.15) is 66.7 Å². The predicted octanol–water partition coefficient (Wildman–Crippen LogP) is 1.23. The summed E-state index contributed by atoms with van der Waals surface area (Å²) in [6.07, 6.45) is 6.96. The fourth-order valence-corrected chi connectivity index (χ4v) is 2.94. The van der Waals surface area contributed by atoms with Gasteiger partial charge in [0.1, 0.15) is 0 Å². The third kappa shape index (κ3) is 5.35. The van der Waals surface area contributed by atoms with E-state index >= 15 is 0 Å². The van der Waals surface area contributed by atoms with Crippen LogP contribution >= 0.6 is 0 Å². The van der Waals surface area contributed by atoms with Gasteiger partial charge in [-0.2, -0.15) is 0 Å². The summed E-state index contributed by atoms with van der Waals surface area (Å²) in [5.41, 5.74) is 0. The molecule has 1 nitrogen and oxygen atoms in total. The smallest absolute Gasteiger partial charge is 0.0887 e. The lowest BCUT2D eigenvalue weighted by Crippen LogP contribution is -3.00. The van der Waals surface area contributed by atoms with Crippen LogP contribution in [0, 0.1) is 0 Å². The third-order valence-electron chi connectivity index (χ3n) is 4.28. The number of rotatable bonds is 9. The van der Waals surface area contributed by atoms with E-state index in [1.54, 1.807) is 0 Å². The molecule has 0 radical (unpaired) electrons. The van der Waals surface area contributed by atoms with E-state index in [-0.39, 0.29) is 24.0 Å². The standard InChI is InChI=1S/C14H32N.HI/c1-6-11-12-13-14(7-2)15(8-3,9-4)10-5;/h14H,6-13H2,1-5H3;1H/q+1;/p-1. The van der Waals surface area contributed by atoms with E-state index in [0.717, 1.165) is 6.04 Å². The van der Waals surface area contributed by atoms with Crippen molar-refractivity contribution in [2.45, 2.75) is 72.8 Å². The molecule has 0 aliphatic rings. The molecule has 0 heterocycles. The average Bonchev–Trinajstić information content (AvgIpc) is 2.29. The lowest BCUT2D eigenvalue weighted by atomic mass is 10.0. The molecule has 1 atom stereocenters. The summed E-state index contributed by atoms with van der Waals surface area (Å²) in [7, 11) is 0. The predicted molar refractivity (Wildman–Crippen MR) is 70.1 cm³/mol. The lowest BCUT2D eigenvalue weighted by molar-refractivity contribution is -0.947. The average molecular weight is 341 g/mol. The normalized spacial score (nSPS) is 13.3. The van der Waals surface area contributed by atoms with Crippen molar-refractivity contribution in [3.63, 3.8) is 0 Å². The van der Waals surface area contributed by atoms with Gasteiger partial charge in [0.2, 0.25) is 0 Å². The summed E-state index contributed by atoms with van der Waals surface area (Å²) in [4.78, 5) is 0. The van der Waals surface area contributed by atoms with Gasteiger partial charge in [-0.05, 0) is 40.0 Å². The molecule has 0 bridgehead atoms. The van der Waals surface area contributed by atoms with Gasteiger partial charge in [0.15, 0.2) is 0 Å². The fourth-order valence-electron chi connectivity index (χ4n) is 2.94. The zero-order valence-corrected chi connectivity index (χ0v) is 14.2. The molecule has 0 rings (SSSR count). The van der Waals surface area contributed by atoms with E-state index in [1.807, 2.05) is 0 Å². The molecule has 0 saturated heterocycles. The summed E-state index contributed by atoms with van der Waals surface area (Å²) in [5, 5.41) is 0. The van der Waals surface area contributed by atoms with Crippen molar-refractivity contribution in [3.05, 3.63) is 0 Å². The molecule has 0 amide bonds. The van der Waals surface area contributed by atoms with Crippen LogP contribution in [-0.4, -0.2) is 30.2 Å². The van der Waals surface area contributed by atoms with Gasteiger partial charge < -0.3 is 28.5 Å². The van der Waals surface area contributed by atoms with E-state index in [9.17, 15) is 0 Å². The van der Waals surface area contributed by atoms with Gasteiger partial charge in [-0.15, -0.1) is 0 Å². The van der Waals surface area contributed by atoms with Crippen LogP contribution in [0.5, 0.6) is 0 Å². The van der Waals surface area contributed by atoms with E-state index in [1.165, 1.54) is 56.2 Å². The fraction of sp³-hybridized carbons (Fsp3) is 1.00. The molecule has 100 valence electrons. The second-order valence-electron chi connectivity index (χ2n) is 4.73. The minimum atomic E-state index is 0. The Kier molecular flexibility index (Phi) is 12.9. The monoisotopic (exact) mass is 341 g/mol. The number of nitrogens with zero attached hydrogens (tertiary/aromatic N) is 1. The molecule has 1 unspecified atom stereocenters. The molecule has 2 heteroatoms. The highest BCUT2D eigenvalue weighted by molar-refractivity contribution is 4.59. The Morgan fingerprint density at radius 1 is 0.812 bits per heavy atom. The molecule has 16 heavy (non-hydrogen) atoms. The van der Waals surface area contributed by atoms with E-state index in [0.29, 0.717) is 0 Å². The highest BCUT2D eigenvalue weighted by atomic mass is 127. The van der Waals surface area contributed by atoms with Gasteiger partial charge in [-0.25, -0.2) is 0 Å². The third-order valence-corrected chi connectivity index (χ3v) is 4.28. The summed E-state index contributed by atoms with van der Waals surface area (Å²) in [5.74, 6) is 0. The number of quaternary nitrogens is 1. The van der Waals surface area contributed by atoms with Crippen LogP contribution in [0.25, 0.3) is 0 Å². The van der Waals surface area contributed by atoms with E-state index in [4.69, 9.17) is 0 Å². The van der Waals surface area contributed by atoms with Gasteiger partial charge in [0, 0.05) is 0 Å². The molecule has 0 aliphatic heterocycles. The Balaban J connectivity index is 0. The van der Waals surface area contributed by atoms with Gasteiger partial charge in [-0.3, -0.25) is 0 Å². The quantitative estimate of drug-likeness (QED) is 0.336. The molecule has 0 aromatic carbocycles. The first kappa shape index (κ1) is 19.0. The van der Waals surface area contributed by atoms with Crippen LogP contribution in [0.3, 0.4) is 0 Å². The molecular formula is C14H32IN. The summed E-state index contributed by atoms with van der Waals surface area (Å²) < 4.78 is 1.33. The molecule has 0 aliphatic carbocycles. The molecule has 0 aromatic heterocycles. The van der Waals surface area contributed by atoms with Crippen LogP contribution in [0.15, 0.2) is 0 Å². The highest BCUT2D eigenvalue weighted by Gasteiger charge is 2.29. The summed E-state index contributed by atoms with van der Waals surface area (Å²) >= 11 is 0. The maximum Gasteiger partial charge on any atom is 0.0887 e. The van der Waals surface area contributed by atoms with E-state index in [2.05, 4.69) is 34.6 Å².